The number of fused-ring (bicyclic) bond motifs is 1. The van der Waals surface area contributed by atoms with Gasteiger partial charge in [-0.1, -0.05) is 17.4 Å². The molecular weight excluding hydrogens is 200 g/mol. The van der Waals surface area contributed by atoms with Crippen LogP contribution in [0.4, 0.5) is 0 Å². The first-order chi connectivity index (χ1) is 6.72. The number of phenolic OH excluding ortho intramolecular Hbond substituents is 1. The Balaban J connectivity index is 2.74. The molecule has 5 heteroatoms. The molecule has 0 unspecified atom stereocenters. The molecular formula is C9H10N2O2S. The normalized spacial score (nSPS) is 10.9. The van der Waals surface area contributed by atoms with E-state index in [1.165, 1.54) is 0 Å². The first-order valence-corrected chi connectivity index (χ1v) is 5.02. The minimum Gasteiger partial charge on any atom is -0.506 e. The van der Waals surface area contributed by atoms with E-state index in [0.29, 0.717) is 12.1 Å². The van der Waals surface area contributed by atoms with Crippen LogP contribution >= 0.6 is 11.3 Å². The molecule has 0 aliphatic heterocycles. The number of hydrogen-bond donors (Lipinski definition) is 3. The molecule has 0 amide bonds. The number of phenols is 1. The van der Waals surface area contributed by atoms with E-state index < -0.39 is 0 Å². The lowest BCUT2D eigenvalue weighted by molar-refractivity contribution is 0.480. The van der Waals surface area contributed by atoms with Crippen molar-refractivity contribution in [3.63, 3.8) is 0 Å². The van der Waals surface area contributed by atoms with Gasteiger partial charge in [0.05, 0.1) is 4.70 Å². The van der Waals surface area contributed by atoms with Crippen LogP contribution in [0.2, 0.25) is 0 Å². The van der Waals surface area contributed by atoms with Gasteiger partial charge >= 0.3 is 4.87 Å². The summed E-state index contributed by atoms with van der Waals surface area (Å²) in [5, 5.41) is 12.5. The van der Waals surface area contributed by atoms with Gasteiger partial charge in [-0.25, -0.2) is 0 Å². The van der Waals surface area contributed by atoms with E-state index in [4.69, 9.17) is 0 Å². The van der Waals surface area contributed by atoms with Crippen LogP contribution in [-0.2, 0) is 6.54 Å². The molecule has 2 rings (SSSR count). The van der Waals surface area contributed by atoms with Gasteiger partial charge in [-0.2, -0.15) is 0 Å². The second-order valence-electron chi connectivity index (χ2n) is 2.99. The summed E-state index contributed by atoms with van der Waals surface area (Å²) in [5.74, 6) is 0.123. The third kappa shape index (κ3) is 1.40. The Morgan fingerprint density at radius 3 is 3.07 bits per heavy atom. The number of H-pyrrole nitrogens is 1. The maximum absolute atomic E-state index is 11.1. The van der Waals surface area contributed by atoms with Gasteiger partial charge in [0.15, 0.2) is 0 Å². The van der Waals surface area contributed by atoms with E-state index in [2.05, 4.69) is 10.3 Å². The summed E-state index contributed by atoms with van der Waals surface area (Å²) in [4.78, 5) is 13.6. The highest BCUT2D eigenvalue weighted by Gasteiger charge is 2.08. The van der Waals surface area contributed by atoms with Crippen molar-refractivity contribution in [3.05, 3.63) is 27.4 Å². The lowest BCUT2D eigenvalue weighted by atomic mass is 10.2. The Bertz CT molecular complexity index is 515. The Kier molecular flexibility index (Phi) is 2.26. The molecule has 74 valence electrons. The van der Waals surface area contributed by atoms with Crippen LogP contribution in [0.5, 0.6) is 5.75 Å². The first-order valence-electron chi connectivity index (χ1n) is 4.20. The van der Waals surface area contributed by atoms with Crippen molar-refractivity contribution in [2.24, 2.45) is 0 Å². The van der Waals surface area contributed by atoms with Crippen molar-refractivity contribution in [1.82, 2.24) is 10.3 Å². The summed E-state index contributed by atoms with van der Waals surface area (Å²) in [6, 6.07) is 3.41. The number of hydrogen-bond acceptors (Lipinski definition) is 4. The molecule has 3 N–H and O–H groups in total. The molecule has 0 saturated carbocycles. The minimum atomic E-state index is -0.140. The third-order valence-electron chi connectivity index (χ3n) is 2.01. The largest absolute Gasteiger partial charge is 0.506 e. The summed E-state index contributed by atoms with van der Waals surface area (Å²) in [6.45, 7) is 0.685. The third-order valence-corrected chi connectivity index (χ3v) is 2.96. The van der Waals surface area contributed by atoms with Crippen LogP contribution < -0.4 is 10.2 Å². The lowest BCUT2D eigenvalue weighted by Gasteiger charge is -2.01. The van der Waals surface area contributed by atoms with E-state index in [1.807, 2.05) is 13.1 Å². The molecule has 1 aromatic carbocycles. The summed E-state index contributed by atoms with van der Waals surface area (Å²) in [7, 11) is 1.84. The number of rotatable bonds is 2. The van der Waals surface area contributed by atoms with Crippen LogP contribution in [0.3, 0.4) is 0 Å². The number of nitrogens with one attached hydrogen (secondary N) is 2. The molecule has 1 aromatic heterocycles. The van der Waals surface area contributed by atoms with Crippen molar-refractivity contribution in [2.45, 2.75) is 6.54 Å². The maximum atomic E-state index is 11.1. The zero-order valence-electron chi connectivity index (χ0n) is 7.63. The molecule has 0 spiro atoms. The zero-order chi connectivity index (χ0) is 10.1. The van der Waals surface area contributed by atoms with E-state index in [1.54, 1.807) is 6.07 Å². The number of thiazole rings is 1. The second kappa shape index (κ2) is 3.43. The number of aromatic amines is 1. The van der Waals surface area contributed by atoms with Gasteiger partial charge < -0.3 is 15.4 Å². The molecule has 0 fully saturated rings. The van der Waals surface area contributed by atoms with Crippen LogP contribution in [-0.4, -0.2) is 17.1 Å². The van der Waals surface area contributed by atoms with Crippen LogP contribution in [0.1, 0.15) is 5.56 Å². The smallest absolute Gasteiger partial charge is 0.305 e. The molecule has 2 aromatic rings. The van der Waals surface area contributed by atoms with Gasteiger partial charge in [-0.3, -0.25) is 4.79 Å². The van der Waals surface area contributed by atoms with E-state index in [0.717, 1.165) is 21.6 Å². The lowest BCUT2D eigenvalue weighted by Crippen LogP contribution is -2.04. The Hall–Kier alpha value is -1.33. The van der Waals surface area contributed by atoms with Crippen molar-refractivity contribution in [3.8, 4) is 5.75 Å². The molecule has 0 aliphatic rings. The average Bonchev–Trinajstić information content (AvgIpc) is 2.53. The standard InChI is InChI=1S/C9H10N2O2S/c1-10-4-5-2-3-6(12)7-8(5)14-9(13)11-7/h2-3,10,12H,4H2,1H3,(H,11,13). The molecule has 0 bridgehead atoms. The van der Waals surface area contributed by atoms with E-state index in [9.17, 15) is 9.90 Å². The first kappa shape index (κ1) is 9.23. The highest BCUT2D eigenvalue weighted by Crippen LogP contribution is 2.27. The molecule has 0 saturated heterocycles. The maximum Gasteiger partial charge on any atom is 0.305 e. The summed E-state index contributed by atoms with van der Waals surface area (Å²) in [6.07, 6.45) is 0. The fourth-order valence-corrected chi connectivity index (χ4v) is 2.27. The summed E-state index contributed by atoms with van der Waals surface area (Å²) < 4.78 is 0.823. The number of aromatic nitrogens is 1. The van der Waals surface area contributed by atoms with Crippen LogP contribution in [0, 0.1) is 0 Å². The SMILES string of the molecule is CNCc1ccc(O)c2[nH]c(=O)sc12. The van der Waals surface area contributed by atoms with Crippen LogP contribution in [0.15, 0.2) is 16.9 Å². The monoisotopic (exact) mass is 210 g/mol. The van der Waals surface area contributed by atoms with Gasteiger partial charge in [-0.05, 0) is 18.7 Å². The van der Waals surface area contributed by atoms with E-state index in [-0.39, 0.29) is 10.6 Å². The van der Waals surface area contributed by atoms with Crippen molar-refractivity contribution in [2.75, 3.05) is 7.05 Å². The molecule has 0 aliphatic carbocycles. The van der Waals surface area contributed by atoms with Crippen molar-refractivity contribution < 1.29 is 5.11 Å². The molecule has 1 heterocycles. The predicted octanol–water partition coefficient (Wildman–Crippen LogP) is 1.01. The second-order valence-corrected chi connectivity index (χ2v) is 3.98. The fraction of sp³-hybridized carbons (Fsp3) is 0.222. The quantitative estimate of drug-likeness (QED) is 0.693. The van der Waals surface area contributed by atoms with Crippen LogP contribution in [0.25, 0.3) is 10.2 Å². The summed E-state index contributed by atoms with van der Waals surface area (Å²) >= 11 is 1.12. The Morgan fingerprint density at radius 1 is 1.57 bits per heavy atom. The highest BCUT2D eigenvalue weighted by molar-refractivity contribution is 7.16. The topological polar surface area (TPSA) is 65.1 Å². The van der Waals surface area contributed by atoms with Gasteiger partial charge in [0.2, 0.25) is 0 Å². The average molecular weight is 210 g/mol. The van der Waals surface area contributed by atoms with Gasteiger partial charge in [0.25, 0.3) is 0 Å². The predicted molar refractivity (Wildman–Crippen MR) is 56.9 cm³/mol. The highest BCUT2D eigenvalue weighted by atomic mass is 32.1. The minimum absolute atomic E-state index is 0.123. The Labute approximate surface area is 84.2 Å². The molecule has 0 atom stereocenters. The number of aromatic hydroxyl groups is 1. The van der Waals surface area contributed by atoms with Gasteiger partial charge in [-0.15, -0.1) is 0 Å². The van der Waals surface area contributed by atoms with Crippen molar-refractivity contribution in [1.29, 1.82) is 0 Å². The molecule has 0 radical (unpaired) electrons. The van der Waals surface area contributed by atoms with Gasteiger partial charge in [0, 0.05) is 6.54 Å². The summed E-state index contributed by atoms with van der Waals surface area (Å²) in [5.41, 5.74) is 1.55. The van der Waals surface area contributed by atoms with E-state index >= 15 is 0 Å². The molecule has 4 nitrogen and oxygen atoms in total. The Morgan fingerprint density at radius 2 is 2.36 bits per heavy atom. The fourth-order valence-electron chi connectivity index (χ4n) is 1.40. The van der Waals surface area contributed by atoms with Gasteiger partial charge in [0.1, 0.15) is 11.3 Å². The number of benzene rings is 1. The molecule has 14 heavy (non-hydrogen) atoms. The van der Waals surface area contributed by atoms with Crippen molar-refractivity contribution >= 4 is 21.6 Å². The zero-order valence-corrected chi connectivity index (χ0v) is 8.44.